The van der Waals surface area contributed by atoms with Crippen molar-refractivity contribution in [2.24, 2.45) is 5.92 Å². The number of aromatic nitrogens is 2. The molecule has 0 saturated carbocycles. The molecule has 142 valence electrons. The molecule has 1 aromatic heterocycles. The SMILES string of the molecule is CCCC(=O)N1CCC[C@H](C(=O)Nc2nc3cc(C#N)ccc3n2CC)C1. The van der Waals surface area contributed by atoms with Gasteiger partial charge in [-0.25, -0.2) is 4.98 Å². The number of aryl methyl sites for hydroxylation is 1. The van der Waals surface area contributed by atoms with Gasteiger partial charge in [0.05, 0.1) is 28.6 Å². The molecule has 1 aromatic carbocycles. The molecule has 0 radical (unpaired) electrons. The summed E-state index contributed by atoms with van der Waals surface area (Å²) in [6.45, 7) is 5.83. The lowest BCUT2D eigenvalue weighted by Crippen LogP contribution is -2.43. The fourth-order valence-corrected chi connectivity index (χ4v) is 3.62. The van der Waals surface area contributed by atoms with Crippen LogP contribution in [0.3, 0.4) is 0 Å². The number of carbonyl (C=O) groups is 2. The van der Waals surface area contributed by atoms with Gasteiger partial charge in [-0.3, -0.25) is 14.9 Å². The number of anilines is 1. The van der Waals surface area contributed by atoms with E-state index in [4.69, 9.17) is 5.26 Å². The molecule has 0 spiro atoms. The Labute approximate surface area is 159 Å². The average Bonchev–Trinajstić information content (AvgIpc) is 3.04. The van der Waals surface area contributed by atoms with Crippen molar-refractivity contribution >= 4 is 28.8 Å². The van der Waals surface area contributed by atoms with E-state index in [1.54, 1.807) is 17.0 Å². The second kappa shape index (κ2) is 8.21. The zero-order chi connectivity index (χ0) is 19.4. The molecule has 3 rings (SSSR count). The Hall–Kier alpha value is -2.88. The molecule has 1 fully saturated rings. The highest BCUT2D eigenvalue weighted by molar-refractivity contribution is 5.93. The summed E-state index contributed by atoms with van der Waals surface area (Å²) in [6.07, 6.45) is 2.95. The standard InChI is InChI=1S/C20H25N5O2/c1-3-6-18(26)24-10-5-7-15(13-24)19(27)23-20-22-16-11-14(12-21)8-9-17(16)25(20)4-2/h8-9,11,15H,3-7,10,13H2,1-2H3,(H,22,23,27)/t15-/m0/s1. The maximum atomic E-state index is 12.8. The Bertz CT molecular complexity index is 896. The average molecular weight is 367 g/mol. The molecule has 2 aromatic rings. The molecule has 2 heterocycles. The van der Waals surface area contributed by atoms with Gasteiger partial charge >= 0.3 is 0 Å². The molecule has 7 heteroatoms. The monoisotopic (exact) mass is 367 g/mol. The Morgan fingerprint density at radius 1 is 1.37 bits per heavy atom. The Morgan fingerprint density at radius 2 is 2.19 bits per heavy atom. The van der Waals surface area contributed by atoms with E-state index >= 15 is 0 Å². The molecule has 0 bridgehead atoms. The molecule has 1 aliphatic rings. The second-order valence-corrected chi connectivity index (χ2v) is 6.91. The first-order valence-corrected chi connectivity index (χ1v) is 9.56. The van der Waals surface area contributed by atoms with E-state index in [0.717, 1.165) is 31.3 Å². The first-order valence-electron chi connectivity index (χ1n) is 9.56. The summed E-state index contributed by atoms with van der Waals surface area (Å²) in [5.41, 5.74) is 2.11. The fourth-order valence-electron chi connectivity index (χ4n) is 3.62. The van der Waals surface area contributed by atoms with Crippen molar-refractivity contribution in [2.45, 2.75) is 46.1 Å². The van der Waals surface area contributed by atoms with Crippen LogP contribution in [0, 0.1) is 17.2 Å². The van der Waals surface area contributed by atoms with Gasteiger partial charge in [0.1, 0.15) is 0 Å². The van der Waals surface area contributed by atoms with Crippen LogP contribution >= 0.6 is 0 Å². The largest absolute Gasteiger partial charge is 0.342 e. The number of nitrogens with one attached hydrogen (secondary N) is 1. The zero-order valence-corrected chi connectivity index (χ0v) is 15.9. The summed E-state index contributed by atoms with van der Waals surface area (Å²) in [6, 6.07) is 7.44. The van der Waals surface area contributed by atoms with E-state index < -0.39 is 0 Å². The molecule has 1 atom stereocenters. The van der Waals surface area contributed by atoms with Crippen molar-refractivity contribution in [1.29, 1.82) is 5.26 Å². The van der Waals surface area contributed by atoms with Crippen LogP contribution in [-0.4, -0.2) is 39.4 Å². The van der Waals surface area contributed by atoms with E-state index in [2.05, 4.69) is 16.4 Å². The summed E-state index contributed by atoms with van der Waals surface area (Å²) < 4.78 is 1.93. The van der Waals surface area contributed by atoms with E-state index in [9.17, 15) is 9.59 Å². The highest BCUT2D eigenvalue weighted by Crippen LogP contribution is 2.23. The first kappa shape index (κ1) is 18.9. The van der Waals surface area contributed by atoms with Crippen molar-refractivity contribution in [3.05, 3.63) is 23.8 Å². The van der Waals surface area contributed by atoms with Crippen LogP contribution in [0.5, 0.6) is 0 Å². The highest BCUT2D eigenvalue weighted by atomic mass is 16.2. The highest BCUT2D eigenvalue weighted by Gasteiger charge is 2.29. The van der Waals surface area contributed by atoms with Gasteiger partial charge in [0.25, 0.3) is 0 Å². The third-order valence-electron chi connectivity index (χ3n) is 5.04. The van der Waals surface area contributed by atoms with Gasteiger partial charge in [0.2, 0.25) is 17.8 Å². The van der Waals surface area contributed by atoms with Gasteiger partial charge in [-0.2, -0.15) is 5.26 Å². The van der Waals surface area contributed by atoms with Crippen LogP contribution in [0.25, 0.3) is 11.0 Å². The van der Waals surface area contributed by atoms with Crippen LogP contribution in [0.4, 0.5) is 5.95 Å². The van der Waals surface area contributed by atoms with Crippen LogP contribution < -0.4 is 5.32 Å². The molecule has 27 heavy (non-hydrogen) atoms. The molecule has 1 N–H and O–H groups in total. The smallest absolute Gasteiger partial charge is 0.231 e. The number of fused-ring (bicyclic) bond motifs is 1. The number of carbonyl (C=O) groups excluding carboxylic acids is 2. The Morgan fingerprint density at radius 3 is 2.89 bits per heavy atom. The van der Waals surface area contributed by atoms with E-state index in [-0.39, 0.29) is 17.7 Å². The molecule has 1 aliphatic heterocycles. The number of hydrogen-bond acceptors (Lipinski definition) is 4. The molecule has 0 aliphatic carbocycles. The number of benzene rings is 1. The van der Waals surface area contributed by atoms with Gasteiger partial charge in [0, 0.05) is 26.1 Å². The normalized spacial score (nSPS) is 16.9. The first-order chi connectivity index (χ1) is 13.1. The number of imidazole rings is 1. The summed E-state index contributed by atoms with van der Waals surface area (Å²) in [4.78, 5) is 31.3. The molecule has 1 saturated heterocycles. The maximum absolute atomic E-state index is 12.8. The number of rotatable bonds is 5. The van der Waals surface area contributed by atoms with Crippen molar-refractivity contribution in [2.75, 3.05) is 18.4 Å². The van der Waals surface area contributed by atoms with E-state index in [1.165, 1.54) is 0 Å². The Kier molecular flexibility index (Phi) is 5.75. The summed E-state index contributed by atoms with van der Waals surface area (Å²) in [5, 5.41) is 12.0. The van der Waals surface area contributed by atoms with Crippen LogP contribution in [0.2, 0.25) is 0 Å². The molecular weight excluding hydrogens is 342 g/mol. The quantitative estimate of drug-likeness (QED) is 0.880. The number of hydrogen-bond donors (Lipinski definition) is 1. The predicted molar refractivity (Wildman–Crippen MR) is 103 cm³/mol. The number of piperidine rings is 1. The maximum Gasteiger partial charge on any atom is 0.231 e. The number of likely N-dealkylation sites (tertiary alicyclic amines) is 1. The minimum atomic E-state index is -0.223. The molecule has 7 nitrogen and oxygen atoms in total. The van der Waals surface area contributed by atoms with E-state index in [1.807, 2.05) is 24.5 Å². The number of amides is 2. The summed E-state index contributed by atoms with van der Waals surface area (Å²) in [5.74, 6) is 0.290. The molecule has 0 unspecified atom stereocenters. The van der Waals surface area contributed by atoms with Crippen LogP contribution in [-0.2, 0) is 16.1 Å². The van der Waals surface area contributed by atoms with Crippen LogP contribution in [0.1, 0.15) is 45.1 Å². The van der Waals surface area contributed by atoms with E-state index in [0.29, 0.717) is 36.5 Å². The summed E-state index contributed by atoms with van der Waals surface area (Å²) in [7, 11) is 0. The summed E-state index contributed by atoms with van der Waals surface area (Å²) >= 11 is 0. The lowest BCUT2D eigenvalue weighted by atomic mass is 9.97. The van der Waals surface area contributed by atoms with Crippen molar-refractivity contribution in [3.8, 4) is 6.07 Å². The zero-order valence-electron chi connectivity index (χ0n) is 15.9. The lowest BCUT2D eigenvalue weighted by molar-refractivity contribution is -0.134. The minimum Gasteiger partial charge on any atom is -0.342 e. The van der Waals surface area contributed by atoms with Crippen molar-refractivity contribution in [3.63, 3.8) is 0 Å². The van der Waals surface area contributed by atoms with Crippen molar-refractivity contribution in [1.82, 2.24) is 14.5 Å². The van der Waals surface area contributed by atoms with Gasteiger partial charge in [-0.05, 0) is 44.4 Å². The van der Waals surface area contributed by atoms with Gasteiger partial charge in [0.15, 0.2) is 0 Å². The van der Waals surface area contributed by atoms with Gasteiger partial charge in [-0.1, -0.05) is 6.92 Å². The van der Waals surface area contributed by atoms with Gasteiger partial charge in [-0.15, -0.1) is 0 Å². The third kappa shape index (κ3) is 3.95. The molecular formula is C20H25N5O2. The lowest BCUT2D eigenvalue weighted by Gasteiger charge is -2.32. The van der Waals surface area contributed by atoms with Gasteiger partial charge < -0.3 is 9.47 Å². The van der Waals surface area contributed by atoms with Crippen molar-refractivity contribution < 1.29 is 9.59 Å². The molecule has 2 amide bonds. The predicted octanol–water partition coefficient (Wildman–Crippen LogP) is 2.91. The third-order valence-corrected chi connectivity index (χ3v) is 5.04. The Balaban J connectivity index is 1.77. The fraction of sp³-hybridized carbons (Fsp3) is 0.500. The van der Waals surface area contributed by atoms with Crippen LogP contribution in [0.15, 0.2) is 18.2 Å². The topological polar surface area (TPSA) is 91.0 Å². The number of nitrogens with zero attached hydrogens (tertiary/aromatic N) is 4. The number of nitriles is 1. The minimum absolute atomic E-state index is 0.102. The second-order valence-electron chi connectivity index (χ2n) is 6.91.